The number of rotatable bonds is 3. The van der Waals surface area contributed by atoms with Gasteiger partial charge in [0.25, 0.3) is 0 Å². The highest BCUT2D eigenvalue weighted by molar-refractivity contribution is 7.10. The summed E-state index contributed by atoms with van der Waals surface area (Å²) in [6.07, 6.45) is -5.79. The van der Waals surface area contributed by atoms with Gasteiger partial charge in [0.2, 0.25) is 5.13 Å². The highest BCUT2D eigenvalue weighted by atomic mass is 32.1. The zero-order valence-electron chi connectivity index (χ0n) is 9.85. The minimum absolute atomic E-state index is 0.0658. The highest BCUT2D eigenvalue weighted by Gasteiger charge is 2.29. The van der Waals surface area contributed by atoms with E-state index in [1.165, 1.54) is 0 Å². The third kappa shape index (κ3) is 4.19. The fourth-order valence-corrected chi connectivity index (χ4v) is 1.82. The van der Waals surface area contributed by atoms with Crippen molar-refractivity contribution in [1.82, 2.24) is 9.36 Å². The molecule has 1 N–H and O–H groups in total. The molecule has 1 aromatic carbocycles. The molecule has 0 aliphatic carbocycles. The zero-order valence-corrected chi connectivity index (χ0v) is 10.7. The number of carbonyl (C=O) groups is 1. The number of benzene rings is 1. The van der Waals surface area contributed by atoms with Gasteiger partial charge in [-0.25, -0.2) is 4.79 Å². The van der Waals surface area contributed by atoms with Gasteiger partial charge in [0.15, 0.2) is 12.4 Å². The van der Waals surface area contributed by atoms with Crippen molar-refractivity contribution in [2.24, 2.45) is 0 Å². The molecule has 1 amide bonds. The van der Waals surface area contributed by atoms with E-state index in [2.05, 4.69) is 19.4 Å². The number of hydrogen-bond acceptors (Lipinski definition) is 5. The Morgan fingerprint density at radius 3 is 2.65 bits per heavy atom. The van der Waals surface area contributed by atoms with Crippen molar-refractivity contribution in [2.75, 3.05) is 11.9 Å². The lowest BCUT2D eigenvalue weighted by atomic mass is 10.2. The number of nitrogens with zero attached hydrogens (tertiary/aromatic N) is 2. The lowest BCUT2D eigenvalue weighted by Crippen LogP contribution is -2.23. The third-order valence-electron chi connectivity index (χ3n) is 2.03. The Morgan fingerprint density at radius 1 is 1.30 bits per heavy atom. The monoisotopic (exact) mass is 303 g/mol. The van der Waals surface area contributed by atoms with Crippen LogP contribution < -0.4 is 5.32 Å². The molecule has 0 unspecified atom stereocenters. The SMILES string of the molecule is O=C(Nc1nc(-c2ccccc2)ns1)OCC(F)(F)F. The molecule has 0 radical (unpaired) electrons. The van der Waals surface area contributed by atoms with Crippen LogP contribution in [0.15, 0.2) is 30.3 Å². The average molecular weight is 303 g/mol. The molecular weight excluding hydrogens is 295 g/mol. The summed E-state index contributed by atoms with van der Waals surface area (Å²) in [4.78, 5) is 15.1. The van der Waals surface area contributed by atoms with E-state index in [0.717, 1.165) is 17.1 Å². The van der Waals surface area contributed by atoms with E-state index < -0.39 is 18.9 Å². The van der Waals surface area contributed by atoms with E-state index in [-0.39, 0.29) is 5.13 Å². The summed E-state index contributed by atoms with van der Waals surface area (Å²) in [6, 6.07) is 8.95. The van der Waals surface area contributed by atoms with Crippen molar-refractivity contribution in [3.63, 3.8) is 0 Å². The van der Waals surface area contributed by atoms with Gasteiger partial charge in [-0.05, 0) is 0 Å². The molecule has 1 aromatic heterocycles. The van der Waals surface area contributed by atoms with Crippen LogP contribution in [0.3, 0.4) is 0 Å². The number of halogens is 3. The summed E-state index contributed by atoms with van der Waals surface area (Å²) in [5.74, 6) is 0.377. The van der Waals surface area contributed by atoms with Gasteiger partial charge in [0.1, 0.15) is 0 Å². The van der Waals surface area contributed by atoms with Gasteiger partial charge in [-0.3, -0.25) is 5.32 Å². The molecule has 0 bridgehead atoms. The van der Waals surface area contributed by atoms with Crippen molar-refractivity contribution in [2.45, 2.75) is 6.18 Å². The average Bonchev–Trinajstić information content (AvgIpc) is 2.85. The van der Waals surface area contributed by atoms with Crippen LogP contribution in [0.2, 0.25) is 0 Å². The molecule has 0 spiro atoms. The molecule has 0 aliphatic rings. The minimum Gasteiger partial charge on any atom is -0.440 e. The molecule has 5 nitrogen and oxygen atoms in total. The van der Waals surface area contributed by atoms with Gasteiger partial charge in [0.05, 0.1) is 0 Å². The predicted molar refractivity (Wildman–Crippen MR) is 66.4 cm³/mol. The second-order valence-corrected chi connectivity index (χ2v) is 4.36. The molecule has 20 heavy (non-hydrogen) atoms. The van der Waals surface area contributed by atoms with Gasteiger partial charge in [0, 0.05) is 17.1 Å². The van der Waals surface area contributed by atoms with Crippen molar-refractivity contribution in [3.8, 4) is 11.4 Å². The van der Waals surface area contributed by atoms with E-state index in [9.17, 15) is 18.0 Å². The minimum atomic E-state index is -4.56. The van der Waals surface area contributed by atoms with Crippen LogP contribution >= 0.6 is 11.5 Å². The molecule has 9 heteroatoms. The molecule has 2 aromatic rings. The van der Waals surface area contributed by atoms with Gasteiger partial charge in [-0.15, -0.1) is 0 Å². The third-order valence-corrected chi connectivity index (χ3v) is 2.66. The predicted octanol–water partition coefficient (Wildman–Crippen LogP) is 3.32. The maximum Gasteiger partial charge on any atom is 0.422 e. The smallest absolute Gasteiger partial charge is 0.422 e. The normalized spacial score (nSPS) is 11.2. The summed E-state index contributed by atoms with van der Waals surface area (Å²) >= 11 is 0.852. The summed E-state index contributed by atoms with van der Waals surface area (Å²) in [5, 5.41) is 2.15. The number of carbonyl (C=O) groups excluding carboxylic acids is 1. The van der Waals surface area contributed by atoms with Crippen molar-refractivity contribution in [3.05, 3.63) is 30.3 Å². The van der Waals surface area contributed by atoms with E-state index in [4.69, 9.17) is 0 Å². The van der Waals surface area contributed by atoms with Gasteiger partial charge >= 0.3 is 12.3 Å². The first kappa shape index (κ1) is 14.3. The molecule has 0 fully saturated rings. The number of anilines is 1. The summed E-state index contributed by atoms with van der Waals surface area (Å²) < 4.78 is 43.5. The standard InChI is InChI=1S/C11H8F3N3O2S/c12-11(13,14)6-19-10(18)16-9-15-8(17-20-9)7-4-2-1-3-5-7/h1-5H,6H2,(H,15,16,17,18). The van der Waals surface area contributed by atoms with Crippen LogP contribution in [-0.2, 0) is 4.74 Å². The van der Waals surface area contributed by atoms with Crippen molar-refractivity contribution < 1.29 is 22.7 Å². The maximum absolute atomic E-state index is 11.8. The summed E-state index contributed by atoms with van der Waals surface area (Å²) in [5.41, 5.74) is 0.737. The summed E-state index contributed by atoms with van der Waals surface area (Å²) in [6.45, 7) is -1.65. The number of aromatic nitrogens is 2. The van der Waals surface area contributed by atoms with Crippen LogP contribution in [0.1, 0.15) is 0 Å². The quantitative estimate of drug-likeness (QED) is 0.944. The number of alkyl halides is 3. The lowest BCUT2D eigenvalue weighted by Gasteiger charge is -2.06. The van der Waals surface area contributed by atoms with Crippen LogP contribution in [0.25, 0.3) is 11.4 Å². The Morgan fingerprint density at radius 2 is 2.00 bits per heavy atom. The number of nitrogens with one attached hydrogen (secondary N) is 1. The van der Waals surface area contributed by atoms with E-state index in [1.54, 1.807) is 24.3 Å². The van der Waals surface area contributed by atoms with Crippen LogP contribution in [0.4, 0.5) is 23.1 Å². The molecule has 0 aliphatic heterocycles. The molecule has 0 atom stereocenters. The molecule has 1 heterocycles. The molecule has 2 rings (SSSR count). The molecule has 0 saturated heterocycles. The van der Waals surface area contributed by atoms with Gasteiger partial charge < -0.3 is 4.74 Å². The first-order chi connectivity index (χ1) is 9.44. The number of ether oxygens (including phenoxy) is 1. The summed E-state index contributed by atoms with van der Waals surface area (Å²) in [7, 11) is 0. The Labute approximate surface area is 115 Å². The van der Waals surface area contributed by atoms with E-state index >= 15 is 0 Å². The topological polar surface area (TPSA) is 64.1 Å². The van der Waals surface area contributed by atoms with E-state index in [0.29, 0.717) is 5.82 Å². The van der Waals surface area contributed by atoms with Gasteiger partial charge in [-0.1, -0.05) is 30.3 Å². The molecule has 0 saturated carbocycles. The second kappa shape index (κ2) is 5.87. The van der Waals surface area contributed by atoms with Crippen molar-refractivity contribution in [1.29, 1.82) is 0 Å². The Balaban J connectivity index is 1.95. The second-order valence-electron chi connectivity index (χ2n) is 3.61. The van der Waals surface area contributed by atoms with Gasteiger partial charge in [-0.2, -0.15) is 22.5 Å². The Hall–Kier alpha value is -2.16. The number of hydrogen-bond donors (Lipinski definition) is 1. The van der Waals surface area contributed by atoms with Crippen LogP contribution in [0, 0.1) is 0 Å². The Bertz CT molecular complexity index is 586. The zero-order chi connectivity index (χ0) is 14.6. The molecule has 106 valence electrons. The largest absolute Gasteiger partial charge is 0.440 e. The van der Waals surface area contributed by atoms with Crippen LogP contribution in [-0.4, -0.2) is 28.2 Å². The Kier molecular flexibility index (Phi) is 4.18. The lowest BCUT2D eigenvalue weighted by molar-refractivity contribution is -0.159. The first-order valence-electron chi connectivity index (χ1n) is 5.34. The van der Waals surface area contributed by atoms with Crippen LogP contribution in [0.5, 0.6) is 0 Å². The van der Waals surface area contributed by atoms with E-state index in [1.807, 2.05) is 6.07 Å². The number of amides is 1. The highest BCUT2D eigenvalue weighted by Crippen LogP contribution is 2.21. The molecular formula is C11H8F3N3O2S. The fourth-order valence-electron chi connectivity index (χ4n) is 1.25. The maximum atomic E-state index is 11.8. The fraction of sp³-hybridized carbons (Fsp3) is 0.182. The first-order valence-corrected chi connectivity index (χ1v) is 6.11. The van der Waals surface area contributed by atoms with Crippen molar-refractivity contribution >= 4 is 22.8 Å².